The van der Waals surface area contributed by atoms with Crippen molar-refractivity contribution in [3.63, 3.8) is 0 Å². The number of aryl methyl sites for hydroxylation is 1. The summed E-state index contributed by atoms with van der Waals surface area (Å²) in [6.45, 7) is 12.7. The summed E-state index contributed by atoms with van der Waals surface area (Å²) in [5.41, 5.74) is 4.86. The van der Waals surface area contributed by atoms with Gasteiger partial charge in [-0.1, -0.05) is 25.5 Å². The second-order valence-electron chi connectivity index (χ2n) is 5.48. The molecule has 0 saturated carbocycles. The van der Waals surface area contributed by atoms with E-state index in [0.29, 0.717) is 23.4 Å². The molecule has 0 bridgehead atoms. The number of hydrogen-bond acceptors (Lipinski definition) is 4. The third-order valence-electron chi connectivity index (χ3n) is 3.56. The highest BCUT2D eigenvalue weighted by molar-refractivity contribution is 5.94. The van der Waals surface area contributed by atoms with Gasteiger partial charge in [-0.05, 0) is 36.6 Å². The van der Waals surface area contributed by atoms with Crippen molar-refractivity contribution in [1.82, 2.24) is 5.43 Å². The lowest BCUT2D eigenvalue weighted by atomic mass is 10.0. The lowest BCUT2D eigenvalue weighted by Crippen LogP contribution is -2.42. The van der Waals surface area contributed by atoms with Crippen molar-refractivity contribution in [2.45, 2.75) is 39.7 Å². The van der Waals surface area contributed by atoms with Crippen molar-refractivity contribution < 1.29 is 15.0 Å². The number of aliphatic hydroxyl groups excluding tert-OH is 2. The predicted molar refractivity (Wildman–Crippen MR) is 94.7 cm³/mol. The molecule has 130 valence electrons. The van der Waals surface area contributed by atoms with Gasteiger partial charge >= 0.3 is 0 Å². The number of hydrazine groups is 1. The van der Waals surface area contributed by atoms with Crippen molar-refractivity contribution >= 4 is 17.3 Å². The summed E-state index contributed by atoms with van der Waals surface area (Å²) < 4.78 is 0. The summed E-state index contributed by atoms with van der Waals surface area (Å²) in [6.07, 6.45) is 4.96. The molecule has 0 heterocycles. The van der Waals surface area contributed by atoms with Gasteiger partial charge in [0.15, 0.2) is 0 Å². The van der Waals surface area contributed by atoms with Crippen LogP contribution in [0.2, 0.25) is 0 Å². The van der Waals surface area contributed by atoms with Gasteiger partial charge in [0.05, 0.1) is 18.9 Å². The summed E-state index contributed by atoms with van der Waals surface area (Å²) in [6, 6.07) is 3.19. The molecule has 1 aromatic rings. The first kappa shape index (κ1) is 19.8. The van der Waals surface area contributed by atoms with E-state index in [9.17, 15) is 9.90 Å². The minimum atomic E-state index is -1.05. The highest BCUT2D eigenvalue weighted by Crippen LogP contribution is 2.33. The third-order valence-corrected chi connectivity index (χ3v) is 3.56. The van der Waals surface area contributed by atoms with Crippen LogP contribution in [0.5, 0.6) is 0 Å². The second kappa shape index (κ2) is 9.83. The topological polar surface area (TPSA) is 77.2 Å². The van der Waals surface area contributed by atoms with E-state index in [0.717, 1.165) is 12.8 Å². The van der Waals surface area contributed by atoms with Crippen LogP contribution in [0.15, 0.2) is 24.3 Å². The van der Waals surface area contributed by atoms with E-state index in [1.54, 1.807) is 13.0 Å². The number of nitrogens with one attached hydrogen (secondary N) is 1. The van der Waals surface area contributed by atoms with Crippen LogP contribution in [0, 0.1) is 13.5 Å². The number of carbonyl (C=O) groups is 1. The van der Waals surface area contributed by atoms with Crippen LogP contribution in [0.1, 0.15) is 43.9 Å². The molecule has 0 aliphatic heterocycles. The Morgan fingerprint density at radius 2 is 2.17 bits per heavy atom. The smallest absolute Gasteiger partial charge is 0.237 e. The van der Waals surface area contributed by atoms with Crippen molar-refractivity contribution in [1.29, 1.82) is 0 Å². The first-order valence-electron chi connectivity index (χ1n) is 7.96. The molecule has 1 atom stereocenters. The van der Waals surface area contributed by atoms with Crippen LogP contribution in [-0.2, 0) is 4.79 Å². The number of hydrogen-bond donors (Lipinski definition) is 3. The average Bonchev–Trinajstić information content (AvgIpc) is 2.57. The summed E-state index contributed by atoms with van der Waals surface area (Å²) in [4.78, 5) is 15.4. The summed E-state index contributed by atoms with van der Waals surface area (Å²) in [5, 5.41) is 20.3. The number of allylic oxidation sites excluding steroid dienone is 1. The number of carbonyl (C=O) groups excluding carboxylic acids is 1. The molecule has 1 amide bonds. The minimum absolute atomic E-state index is 0.237. The van der Waals surface area contributed by atoms with E-state index in [-0.39, 0.29) is 11.6 Å². The van der Waals surface area contributed by atoms with Crippen LogP contribution in [0.25, 0.3) is 4.85 Å². The maximum Gasteiger partial charge on any atom is 0.237 e. The average molecular weight is 331 g/mol. The second-order valence-corrected chi connectivity index (χ2v) is 5.48. The van der Waals surface area contributed by atoms with Crippen LogP contribution in [0.4, 0.5) is 11.4 Å². The molecular formula is C18H25N3O3. The van der Waals surface area contributed by atoms with E-state index >= 15 is 0 Å². The van der Waals surface area contributed by atoms with Gasteiger partial charge in [0, 0.05) is 13.5 Å². The van der Waals surface area contributed by atoms with E-state index in [4.69, 9.17) is 11.7 Å². The number of rotatable bonds is 8. The molecule has 0 aliphatic rings. The molecule has 6 heteroatoms. The third kappa shape index (κ3) is 5.17. The molecule has 0 aromatic heterocycles. The van der Waals surface area contributed by atoms with Crippen molar-refractivity contribution in [2.75, 3.05) is 18.2 Å². The summed E-state index contributed by atoms with van der Waals surface area (Å²) in [7, 11) is 0. The zero-order valence-electron chi connectivity index (χ0n) is 14.4. The molecule has 1 unspecified atom stereocenters. The lowest BCUT2D eigenvalue weighted by molar-refractivity contribution is -0.117. The van der Waals surface area contributed by atoms with Gasteiger partial charge < -0.3 is 10.2 Å². The molecule has 0 aliphatic carbocycles. The largest absolute Gasteiger partial charge is 0.393 e. The van der Waals surface area contributed by atoms with Crippen molar-refractivity contribution in [3.8, 4) is 0 Å². The van der Waals surface area contributed by atoms with Gasteiger partial charge in [-0.15, -0.1) is 0 Å². The molecule has 1 rings (SSSR count). The summed E-state index contributed by atoms with van der Waals surface area (Å²) >= 11 is 0. The Morgan fingerprint density at radius 1 is 1.46 bits per heavy atom. The number of aliphatic hydroxyl groups is 2. The molecule has 1 aromatic carbocycles. The van der Waals surface area contributed by atoms with E-state index in [2.05, 4.69) is 17.2 Å². The maximum absolute atomic E-state index is 12.0. The molecular weight excluding hydrogens is 306 g/mol. The number of nitrogens with zero attached hydrogens (tertiary/aromatic N) is 2. The monoisotopic (exact) mass is 331 g/mol. The standard InChI is InChI=1S/C18H25N3O3/c1-5-6-7-8-9-20-21(14(3)23)17-10-13(2)15(18(24)12-22)11-16(17)19-4/h7-8,10-11,18,20,22,24H,5-6,9,12H2,1-3H3/b8-7-. The number of benzene rings is 1. The first-order valence-corrected chi connectivity index (χ1v) is 7.96. The van der Waals surface area contributed by atoms with Crippen molar-refractivity contribution in [2.24, 2.45) is 0 Å². The Bertz CT molecular complexity index is 635. The van der Waals surface area contributed by atoms with E-state index in [1.807, 2.05) is 12.2 Å². The first-order chi connectivity index (χ1) is 11.5. The lowest BCUT2D eigenvalue weighted by Gasteiger charge is -2.24. The molecule has 0 fully saturated rings. The number of anilines is 1. The van der Waals surface area contributed by atoms with E-state index in [1.165, 1.54) is 18.0 Å². The molecule has 0 saturated heterocycles. The van der Waals surface area contributed by atoms with Gasteiger partial charge in [-0.3, -0.25) is 9.80 Å². The SMILES string of the molecule is [C-]#[N+]c1cc(C(O)CO)c(C)cc1N(NC/C=C\CCC)C(C)=O. The Balaban J connectivity index is 3.12. The molecule has 6 nitrogen and oxygen atoms in total. The zero-order chi connectivity index (χ0) is 18.1. The molecule has 24 heavy (non-hydrogen) atoms. The predicted octanol–water partition coefficient (Wildman–Crippen LogP) is 2.79. The maximum atomic E-state index is 12.0. The van der Waals surface area contributed by atoms with Crippen LogP contribution < -0.4 is 10.4 Å². The van der Waals surface area contributed by atoms with Crippen LogP contribution >= 0.6 is 0 Å². The summed E-state index contributed by atoms with van der Waals surface area (Å²) in [5.74, 6) is -0.237. The fourth-order valence-corrected chi connectivity index (χ4v) is 2.30. The highest BCUT2D eigenvalue weighted by atomic mass is 16.3. The Hall–Kier alpha value is -2.20. The number of amides is 1. The zero-order valence-corrected chi connectivity index (χ0v) is 14.4. The molecule has 0 radical (unpaired) electrons. The van der Waals surface area contributed by atoms with Gasteiger partial charge in [0.2, 0.25) is 11.6 Å². The van der Waals surface area contributed by atoms with Crippen LogP contribution in [-0.4, -0.2) is 29.3 Å². The van der Waals surface area contributed by atoms with Crippen LogP contribution in [0.3, 0.4) is 0 Å². The molecule has 3 N–H and O–H groups in total. The Kier molecular flexibility index (Phi) is 8.13. The van der Waals surface area contributed by atoms with Crippen molar-refractivity contribution in [3.05, 3.63) is 46.8 Å². The molecule has 0 spiro atoms. The normalized spacial score (nSPS) is 12.2. The van der Waals surface area contributed by atoms with E-state index < -0.39 is 12.7 Å². The van der Waals surface area contributed by atoms with Gasteiger partial charge in [-0.2, -0.15) is 0 Å². The fourth-order valence-electron chi connectivity index (χ4n) is 2.30. The Morgan fingerprint density at radius 3 is 2.71 bits per heavy atom. The number of unbranched alkanes of at least 4 members (excludes halogenated alkanes) is 1. The quantitative estimate of drug-likeness (QED) is 0.389. The Labute approximate surface area is 143 Å². The van der Waals surface area contributed by atoms with Gasteiger partial charge in [-0.25, -0.2) is 10.3 Å². The minimum Gasteiger partial charge on any atom is -0.393 e. The fraction of sp³-hybridized carbons (Fsp3) is 0.444. The van der Waals surface area contributed by atoms with Gasteiger partial charge in [0.1, 0.15) is 6.10 Å². The van der Waals surface area contributed by atoms with Gasteiger partial charge in [0.25, 0.3) is 0 Å². The highest BCUT2D eigenvalue weighted by Gasteiger charge is 2.19.